The monoisotopic (exact) mass is 398 g/mol. The fourth-order valence-corrected chi connectivity index (χ4v) is 2.42. The van der Waals surface area contributed by atoms with E-state index in [0.717, 1.165) is 8.95 Å². The van der Waals surface area contributed by atoms with E-state index in [2.05, 4.69) is 37.2 Å². The van der Waals surface area contributed by atoms with Crippen LogP contribution in [0.3, 0.4) is 0 Å². The molecule has 0 atom stereocenters. The molecule has 6 heteroatoms. The van der Waals surface area contributed by atoms with Crippen LogP contribution < -0.4 is 15.8 Å². The Kier molecular flexibility index (Phi) is 5.03. The smallest absolute Gasteiger partial charge is 0.262 e. The van der Waals surface area contributed by atoms with Crippen LogP contribution in [0, 0.1) is 0 Å². The van der Waals surface area contributed by atoms with Crippen LogP contribution in [0.5, 0.6) is 5.75 Å². The molecule has 4 nitrogen and oxygen atoms in total. The highest BCUT2D eigenvalue weighted by atomic mass is 79.9. The van der Waals surface area contributed by atoms with E-state index in [1.807, 2.05) is 18.2 Å². The number of nitrogens with two attached hydrogens (primary N) is 1. The number of amides is 1. The average molecular weight is 400 g/mol. The first-order chi connectivity index (χ1) is 9.56. The molecule has 2 rings (SSSR count). The maximum Gasteiger partial charge on any atom is 0.262 e. The Labute approximate surface area is 133 Å². The summed E-state index contributed by atoms with van der Waals surface area (Å²) < 4.78 is 6.97. The second kappa shape index (κ2) is 6.76. The Morgan fingerprint density at radius 2 is 1.90 bits per heavy atom. The van der Waals surface area contributed by atoms with Gasteiger partial charge in [-0.1, -0.05) is 12.1 Å². The highest BCUT2D eigenvalue weighted by Crippen LogP contribution is 2.25. The molecule has 0 fully saturated rings. The maximum absolute atomic E-state index is 11.8. The minimum Gasteiger partial charge on any atom is -0.483 e. The number of benzene rings is 2. The normalized spacial score (nSPS) is 10.1. The van der Waals surface area contributed by atoms with Gasteiger partial charge >= 0.3 is 0 Å². The first-order valence-corrected chi connectivity index (χ1v) is 7.37. The van der Waals surface area contributed by atoms with Gasteiger partial charge in [0.2, 0.25) is 0 Å². The van der Waals surface area contributed by atoms with Crippen LogP contribution in [-0.2, 0) is 4.79 Å². The van der Waals surface area contributed by atoms with Gasteiger partial charge in [-0.05, 0) is 62.2 Å². The van der Waals surface area contributed by atoms with Crippen molar-refractivity contribution >= 4 is 49.1 Å². The van der Waals surface area contributed by atoms with Gasteiger partial charge in [0.15, 0.2) is 6.61 Å². The summed E-state index contributed by atoms with van der Waals surface area (Å²) in [4.78, 5) is 11.8. The Bertz CT molecular complexity index is 632. The third-order valence-electron chi connectivity index (χ3n) is 2.46. The number of nitrogen functional groups attached to an aromatic ring is 1. The van der Waals surface area contributed by atoms with Gasteiger partial charge in [0.05, 0.1) is 10.2 Å². The zero-order chi connectivity index (χ0) is 14.5. The predicted octanol–water partition coefficient (Wildman–Crippen LogP) is 3.81. The first-order valence-electron chi connectivity index (χ1n) is 5.78. The number of nitrogens with one attached hydrogen (secondary N) is 1. The van der Waals surface area contributed by atoms with Crippen LogP contribution in [0.2, 0.25) is 0 Å². The molecule has 0 unspecified atom stereocenters. The summed E-state index contributed by atoms with van der Waals surface area (Å²) in [5.41, 5.74) is 6.91. The second-order valence-corrected chi connectivity index (χ2v) is 5.72. The summed E-state index contributed by atoms with van der Waals surface area (Å²) in [5, 5.41) is 2.75. The molecule has 0 aromatic heterocycles. The van der Waals surface area contributed by atoms with E-state index in [4.69, 9.17) is 10.5 Å². The first kappa shape index (κ1) is 14.9. The van der Waals surface area contributed by atoms with Gasteiger partial charge in [-0.25, -0.2) is 0 Å². The molecule has 20 heavy (non-hydrogen) atoms. The Hall–Kier alpha value is -1.53. The second-order valence-electron chi connectivity index (χ2n) is 4.01. The number of anilines is 2. The van der Waals surface area contributed by atoms with Gasteiger partial charge in [-0.15, -0.1) is 0 Å². The average Bonchev–Trinajstić information content (AvgIpc) is 2.41. The number of carbonyl (C=O) groups is 1. The van der Waals surface area contributed by atoms with E-state index in [9.17, 15) is 4.79 Å². The zero-order valence-corrected chi connectivity index (χ0v) is 13.6. The van der Waals surface area contributed by atoms with Crippen molar-refractivity contribution in [2.75, 3.05) is 17.7 Å². The molecule has 0 bridgehead atoms. The molecular formula is C14H12Br2N2O2. The zero-order valence-electron chi connectivity index (χ0n) is 10.4. The lowest BCUT2D eigenvalue weighted by Crippen LogP contribution is -2.20. The molecule has 0 heterocycles. The molecule has 2 aromatic rings. The molecule has 0 radical (unpaired) electrons. The summed E-state index contributed by atoms with van der Waals surface area (Å²) in [7, 11) is 0. The van der Waals surface area contributed by atoms with E-state index in [1.165, 1.54) is 0 Å². The van der Waals surface area contributed by atoms with Gasteiger partial charge in [0.1, 0.15) is 5.75 Å². The number of rotatable bonds is 4. The van der Waals surface area contributed by atoms with Crippen LogP contribution in [0.25, 0.3) is 0 Å². The van der Waals surface area contributed by atoms with Crippen molar-refractivity contribution in [2.45, 2.75) is 0 Å². The largest absolute Gasteiger partial charge is 0.483 e. The van der Waals surface area contributed by atoms with E-state index < -0.39 is 0 Å². The topological polar surface area (TPSA) is 64.3 Å². The predicted molar refractivity (Wildman–Crippen MR) is 86.8 cm³/mol. The van der Waals surface area contributed by atoms with Crippen molar-refractivity contribution in [1.82, 2.24) is 0 Å². The number of ether oxygens (including phenoxy) is 1. The molecule has 0 aliphatic carbocycles. The highest BCUT2D eigenvalue weighted by molar-refractivity contribution is 9.11. The molecule has 0 saturated heterocycles. The lowest BCUT2D eigenvalue weighted by atomic mass is 10.3. The molecule has 104 valence electrons. The Balaban J connectivity index is 1.94. The molecule has 1 amide bonds. The standard InChI is InChI=1S/C14H12Br2N2O2/c15-10-3-1-2-4-13(10)20-8-14(19)18-12-6-5-9(17)7-11(12)16/h1-7H,8,17H2,(H,18,19). The summed E-state index contributed by atoms with van der Waals surface area (Å²) in [6.45, 7) is -0.0700. The van der Waals surface area contributed by atoms with Crippen LogP contribution in [-0.4, -0.2) is 12.5 Å². The van der Waals surface area contributed by atoms with Crippen molar-refractivity contribution < 1.29 is 9.53 Å². The maximum atomic E-state index is 11.8. The minimum atomic E-state index is -0.244. The van der Waals surface area contributed by atoms with Gasteiger partial charge in [-0.2, -0.15) is 0 Å². The fraction of sp³-hybridized carbons (Fsp3) is 0.0714. The summed E-state index contributed by atoms with van der Waals surface area (Å²) in [5.74, 6) is 0.380. The lowest BCUT2D eigenvalue weighted by Gasteiger charge is -2.10. The van der Waals surface area contributed by atoms with Crippen molar-refractivity contribution in [3.8, 4) is 5.75 Å². The van der Waals surface area contributed by atoms with Gasteiger partial charge in [0, 0.05) is 10.2 Å². The van der Waals surface area contributed by atoms with Crippen molar-refractivity contribution in [3.63, 3.8) is 0 Å². The summed E-state index contributed by atoms with van der Waals surface area (Å²) >= 11 is 6.69. The number of hydrogen-bond acceptors (Lipinski definition) is 3. The van der Waals surface area contributed by atoms with Crippen molar-refractivity contribution in [3.05, 3.63) is 51.4 Å². The number of hydrogen-bond donors (Lipinski definition) is 2. The SMILES string of the molecule is Nc1ccc(NC(=O)COc2ccccc2Br)c(Br)c1. The molecule has 3 N–H and O–H groups in total. The van der Waals surface area contributed by atoms with E-state index in [-0.39, 0.29) is 12.5 Å². The molecule has 0 spiro atoms. The summed E-state index contributed by atoms with van der Waals surface area (Å²) in [6.07, 6.45) is 0. The fourth-order valence-electron chi connectivity index (χ4n) is 1.52. The van der Waals surface area contributed by atoms with Crippen molar-refractivity contribution in [2.24, 2.45) is 0 Å². The van der Waals surface area contributed by atoms with Crippen molar-refractivity contribution in [1.29, 1.82) is 0 Å². The third kappa shape index (κ3) is 3.98. The lowest BCUT2D eigenvalue weighted by molar-refractivity contribution is -0.118. The summed E-state index contributed by atoms with van der Waals surface area (Å²) in [6, 6.07) is 12.5. The van der Waals surface area contributed by atoms with E-state index in [0.29, 0.717) is 17.1 Å². The minimum absolute atomic E-state index is 0.0700. The van der Waals surface area contributed by atoms with Gasteiger partial charge in [0.25, 0.3) is 5.91 Å². The third-order valence-corrected chi connectivity index (χ3v) is 3.77. The van der Waals surface area contributed by atoms with E-state index in [1.54, 1.807) is 24.3 Å². The molecule has 0 saturated carbocycles. The van der Waals surface area contributed by atoms with Crippen LogP contribution in [0.15, 0.2) is 51.4 Å². The number of halogens is 2. The molecule has 0 aliphatic heterocycles. The number of para-hydroxylation sites is 1. The van der Waals surface area contributed by atoms with Crippen LogP contribution in [0.4, 0.5) is 11.4 Å². The quantitative estimate of drug-likeness (QED) is 0.768. The molecule has 0 aliphatic rings. The molecule has 2 aromatic carbocycles. The van der Waals surface area contributed by atoms with Crippen LogP contribution in [0.1, 0.15) is 0 Å². The van der Waals surface area contributed by atoms with Crippen LogP contribution >= 0.6 is 31.9 Å². The van der Waals surface area contributed by atoms with E-state index >= 15 is 0 Å². The van der Waals surface area contributed by atoms with Gasteiger partial charge < -0.3 is 15.8 Å². The Morgan fingerprint density at radius 3 is 2.60 bits per heavy atom. The van der Waals surface area contributed by atoms with Gasteiger partial charge in [-0.3, -0.25) is 4.79 Å². The number of carbonyl (C=O) groups excluding carboxylic acids is 1. The molecular weight excluding hydrogens is 388 g/mol. The highest BCUT2D eigenvalue weighted by Gasteiger charge is 2.08. The Morgan fingerprint density at radius 1 is 1.15 bits per heavy atom.